The van der Waals surface area contributed by atoms with Gasteiger partial charge in [-0.2, -0.15) is 4.98 Å². The number of carbonyl (C=O) groups is 1. The van der Waals surface area contributed by atoms with Crippen molar-refractivity contribution in [3.63, 3.8) is 0 Å². The first kappa shape index (κ1) is 12.1. The topological polar surface area (TPSA) is 66.3 Å². The van der Waals surface area contributed by atoms with E-state index in [0.717, 1.165) is 15.1 Å². The van der Waals surface area contributed by atoms with Gasteiger partial charge in [-0.25, -0.2) is 4.98 Å². The zero-order chi connectivity index (χ0) is 12.6. The lowest BCUT2D eigenvalue weighted by Gasteiger charge is -2.16. The number of thiophene rings is 1. The summed E-state index contributed by atoms with van der Waals surface area (Å²) in [5.41, 5.74) is 0. The molecule has 0 fully saturated rings. The summed E-state index contributed by atoms with van der Waals surface area (Å²) in [7, 11) is 1.67. The van der Waals surface area contributed by atoms with Crippen molar-refractivity contribution < 1.29 is 9.90 Å². The first-order valence-electron chi connectivity index (χ1n) is 4.84. The third-order valence-corrected chi connectivity index (χ3v) is 3.32. The minimum Gasteiger partial charge on any atom is -0.480 e. The molecule has 2 aromatic rings. The number of aliphatic carboxylic acids is 1. The van der Waals surface area contributed by atoms with Crippen LogP contribution in [0.5, 0.6) is 0 Å². The van der Waals surface area contributed by atoms with E-state index in [1.807, 2.05) is 13.0 Å². The number of aryl methyl sites for hydroxylation is 1. The van der Waals surface area contributed by atoms with E-state index < -0.39 is 5.97 Å². The molecule has 2 aromatic heterocycles. The number of nitrogens with zero attached hydrogens (tertiary/aromatic N) is 3. The van der Waals surface area contributed by atoms with Crippen LogP contribution in [0.4, 0.5) is 5.82 Å². The lowest BCUT2D eigenvalue weighted by Crippen LogP contribution is -2.26. The largest absolute Gasteiger partial charge is 0.480 e. The fourth-order valence-corrected chi connectivity index (χ4v) is 2.66. The Bertz CT molecular complexity index is 584. The molecule has 0 saturated heterocycles. The van der Waals surface area contributed by atoms with E-state index in [0.29, 0.717) is 5.82 Å². The van der Waals surface area contributed by atoms with Gasteiger partial charge in [-0.05, 0) is 24.6 Å². The molecule has 7 heteroatoms. The molecular formula is C10H10ClN3O2S. The molecule has 0 saturated carbocycles. The number of carboxylic acid groups (broad SMARTS) is 1. The van der Waals surface area contributed by atoms with Crippen molar-refractivity contribution in [3.8, 4) is 0 Å². The molecule has 2 heterocycles. The van der Waals surface area contributed by atoms with Crippen molar-refractivity contribution in [3.05, 3.63) is 16.2 Å². The Labute approximate surface area is 107 Å². The Morgan fingerprint density at radius 1 is 1.59 bits per heavy atom. The third-order valence-electron chi connectivity index (χ3n) is 2.20. The molecule has 0 radical (unpaired) electrons. The fraction of sp³-hybridized carbons (Fsp3) is 0.300. The zero-order valence-electron chi connectivity index (χ0n) is 9.27. The van der Waals surface area contributed by atoms with E-state index in [9.17, 15) is 4.79 Å². The molecule has 5 nitrogen and oxygen atoms in total. The summed E-state index contributed by atoms with van der Waals surface area (Å²) < 4.78 is 0. The van der Waals surface area contributed by atoms with Gasteiger partial charge >= 0.3 is 5.97 Å². The van der Waals surface area contributed by atoms with Crippen LogP contribution in [0.3, 0.4) is 0 Å². The van der Waals surface area contributed by atoms with E-state index in [4.69, 9.17) is 16.7 Å². The molecule has 90 valence electrons. The number of hydrogen-bond acceptors (Lipinski definition) is 5. The van der Waals surface area contributed by atoms with E-state index in [2.05, 4.69) is 9.97 Å². The smallest absolute Gasteiger partial charge is 0.323 e. The number of hydrogen-bond donors (Lipinski definition) is 1. The van der Waals surface area contributed by atoms with Crippen LogP contribution < -0.4 is 4.90 Å². The molecule has 0 aromatic carbocycles. The van der Waals surface area contributed by atoms with Crippen LogP contribution in [0.1, 0.15) is 4.88 Å². The van der Waals surface area contributed by atoms with Crippen molar-refractivity contribution >= 4 is 44.9 Å². The third kappa shape index (κ3) is 2.48. The number of halogens is 1. The summed E-state index contributed by atoms with van der Waals surface area (Å²) in [6.45, 7) is 1.83. The average molecular weight is 272 g/mol. The number of carboxylic acids is 1. The molecule has 0 bridgehead atoms. The second-order valence-corrected chi connectivity index (χ2v) is 5.21. The predicted octanol–water partition coefficient (Wildman–Crippen LogP) is 2.17. The van der Waals surface area contributed by atoms with Crippen LogP contribution in [0.25, 0.3) is 10.2 Å². The maximum absolute atomic E-state index is 10.7. The highest BCUT2D eigenvalue weighted by atomic mass is 35.5. The lowest BCUT2D eigenvalue weighted by atomic mass is 10.3. The summed E-state index contributed by atoms with van der Waals surface area (Å²) in [6.07, 6.45) is 0. The van der Waals surface area contributed by atoms with Gasteiger partial charge in [-0.3, -0.25) is 4.79 Å². The Morgan fingerprint density at radius 2 is 2.29 bits per heavy atom. The maximum Gasteiger partial charge on any atom is 0.323 e. The highest BCUT2D eigenvalue weighted by molar-refractivity contribution is 7.18. The van der Waals surface area contributed by atoms with Gasteiger partial charge in [-0.1, -0.05) is 0 Å². The Kier molecular flexibility index (Phi) is 3.17. The van der Waals surface area contributed by atoms with Crippen LogP contribution in [0, 0.1) is 6.92 Å². The van der Waals surface area contributed by atoms with Crippen molar-refractivity contribution in [2.75, 3.05) is 18.5 Å². The molecule has 0 amide bonds. The zero-order valence-corrected chi connectivity index (χ0v) is 10.8. The van der Waals surface area contributed by atoms with E-state index in [1.54, 1.807) is 11.9 Å². The average Bonchev–Trinajstić information content (AvgIpc) is 2.55. The summed E-state index contributed by atoms with van der Waals surface area (Å²) >= 11 is 7.33. The second kappa shape index (κ2) is 4.46. The first-order valence-corrected chi connectivity index (χ1v) is 6.03. The summed E-state index contributed by atoms with van der Waals surface area (Å²) in [5.74, 6) is -0.367. The number of rotatable bonds is 3. The van der Waals surface area contributed by atoms with Gasteiger partial charge in [0.1, 0.15) is 17.2 Å². The Hall–Kier alpha value is -1.40. The summed E-state index contributed by atoms with van der Waals surface area (Å²) in [5, 5.41) is 9.74. The molecule has 17 heavy (non-hydrogen) atoms. The molecule has 1 N–H and O–H groups in total. The summed E-state index contributed by atoms with van der Waals surface area (Å²) in [6, 6.07) is 1.93. The van der Waals surface area contributed by atoms with Crippen molar-refractivity contribution in [1.82, 2.24) is 9.97 Å². The highest BCUT2D eigenvalue weighted by Gasteiger charge is 2.14. The lowest BCUT2D eigenvalue weighted by molar-refractivity contribution is -0.135. The van der Waals surface area contributed by atoms with Crippen molar-refractivity contribution in [1.29, 1.82) is 0 Å². The molecule has 0 spiro atoms. The van der Waals surface area contributed by atoms with Crippen molar-refractivity contribution in [2.24, 2.45) is 0 Å². The molecule has 0 aliphatic carbocycles. The van der Waals surface area contributed by atoms with Gasteiger partial charge in [0.15, 0.2) is 0 Å². The molecule has 0 aliphatic heterocycles. The maximum atomic E-state index is 10.7. The van der Waals surface area contributed by atoms with Gasteiger partial charge in [0.05, 0.1) is 5.39 Å². The van der Waals surface area contributed by atoms with Crippen LogP contribution >= 0.6 is 22.9 Å². The highest BCUT2D eigenvalue weighted by Crippen LogP contribution is 2.30. The van der Waals surface area contributed by atoms with Gasteiger partial charge in [-0.15, -0.1) is 11.3 Å². The number of fused-ring (bicyclic) bond motifs is 1. The number of anilines is 1. The monoisotopic (exact) mass is 271 g/mol. The Morgan fingerprint density at radius 3 is 2.94 bits per heavy atom. The first-order chi connectivity index (χ1) is 7.97. The predicted molar refractivity (Wildman–Crippen MR) is 68.1 cm³/mol. The molecule has 0 atom stereocenters. The minimum absolute atomic E-state index is 0.128. The number of likely N-dealkylation sites (N-methyl/N-ethyl adjacent to an activating group) is 1. The van der Waals surface area contributed by atoms with Crippen LogP contribution in [0.15, 0.2) is 6.07 Å². The van der Waals surface area contributed by atoms with Crippen LogP contribution in [0.2, 0.25) is 5.28 Å². The van der Waals surface area contributed by atoms with Gasteiger partial charge in [0.25, 0.3) is 0 Å². The molecular weight excluding hydrogens is 262 g/mol. The molecule has 2 rings (SSSR count). The standard InChI is InChI=1S/C10H10ClN3O2S/c1-5-3-6-8(14(2)4-7(15)16)12-10(11)13-9(6)17-5/h3H,4H2,1-2H3,(H,15,16). The number of aromatic nitrogens is 2. The summed E-state index contributed by atoms with van der Waals surface area (Å²) in [4.78, 5) is 22.3. The minimum atomic E-state index is -0.915. The van der Waals surface area contributed by atoms with E-state index in [1.165, 1.54) is 11.3 Å². The van der Waals surface area contributed by atoms with Crippen molar-refractivity contribution in [2.45, 2.75) is 6.92 Å². The van der Waals surface area contributed by atoms with Crippen LogP contribution in [-0.2, 0) is 4.79 Å². The molecule has 0 aliphatic rings. The second-order valence-electron chi connectivity index (χ2n) is 3.64. The molecule has 0 unspecified atom stereocenters. The quantitative estimate of drug-likeness (QED) is 0.867. The van der Waals surface area contributed by atoms with Gasteiger partial charge < -0.3 is 10.0 Å². The van der Waals surface area contributed by atoms with E-state index >= 15 is 0 Å². The fourth-order valence-electron chi connectivity index (χ4n) is 1.57. The van der Waals surface area contributed by atoms with Crippen LogP contribution in [-0.4, -0.2) is 34.6 Å². The normalized spacial score (nSPS) is 10.8. The Balaban J connectivity index is 2.54. The van der Waals surface area contributed by atoms with Gasteiger partial charge in [0, 0.05) is 11.9 Å². The SMILES string of the molecule is Cc1cc2c(N(C)CC(=O)O)nc(Cl)nc2s1. The van der Waals surface area contributed by atoms with E-state index in [-0.39, 0.29) is 11.8 Å². The van der Waals surface area contributed by atoms with Gasteiger partial charge in [0.2, 0.25) is 5.28 Å².